The molecule has 3 heterocycles. The number of rotatable bonds is 5. The number of fused-ring (bicyclic) bond motifs is 1. The number of thiophene rings is 1. The third-order valence-corrected chi connectivity index (χ3v) is 5.10. The summed E-state index contributed by atoms with van der Waals surface area (Å²) in [5.41, 5.74) is 2.46. The Bertz CT molecular complexity index is 680. The molecule has 0 aliphatic carbocycles. The van der Waals surface area contributed by atoms with Crippen LogP contribution in [-0.2, 0) is 25.9 Å². The van der Waals surface area contributed by atoms with Crippen LogP contribution in [0.25, 0.3) is 0 Å². The third kappa shape index (κ3) is 3.42. The van der Waals surface area contributed by atoms with Crippen LogP contribution in [0.5, 0.6) is 0 Å². The maximum atomic E-state index is 11.4. The molecule has 4 nitrogen and oxygen atoms in total. The highest BCUT2D eigenvalue weighted by atomic mass is 32.1. The number of aromatic nitrogens is 2. The van der Waals surface area contributed by atoms with Crippen molar-refractivity contribution in [3.8, 4) is 0 Å². The number of Topliss-reactive ketones (excluding diaryl/α,β-unsaturated/α-hetero) is 1. The molecule has 2 aromatic heterocycles. The van der Waals surface area contributed by atoms with E-state index >= 15 is 0 Å². The van der Waals surface area contributed by atoms with Crippen LogP contribution in [-0.4, -0.2) is 27.2 Å². The lowest BCUT2D eigenvalue weighted by Gasteiger charge is -2.27. The zero-order chi connectivity index (χ0) is 15.5. The molecule has 1 aliphatic heterocycles. The van der Waals surface area contributed by atoms with Gasteiger partial charge in [-0.1, -0.05) is 6.92 Å². The number of ketones is 1. The van der Waals surface area contributed by atoms with Gasteiger partial charge < -0.3 is 0 Å². The van der Waals surface area contributed by atoms with Crippen LogP contribution in [0.2, 0.25) is 0 Å². The fourth-order valence-electron chi connectivity index (χ4n) is 2.77. The van der Waals surface area contributed by atoms with Crippen molar-refractivity contribution in [1.29, 1.82) is 0 Å². The summed E-state index contributed by atoms with van der Waals surface area (Å²) in [7, 11) is 0. The smallest absolute Gasteiger partial charge is 0.169 e. The predicted octanol–water partition coefficient (Wildman–Crippen LogP) is 3.25. The largest absolute Gasteiger partial charge is 0.294 e. The first-order valence-corrected chi connectivity index (χ1v) is 8.63. The van der Waals surface area contributed by atoms with E-state index in [0.717, 1.165) is 49.6 Å². The van der Waals surface area contributed by atoms with E-state index in [9.17, 15) is 4.79 Å². The molecule has 0 saturated carbocycles. The Balaban J connectivity index is 1.67. The number of carbonyl (C=O) groups excluding carboxylic acids is 1. The average molecular weight is 315 g/mol. The predicted molar refractivity (Wildman–Crippen MR) is 88.2 cm³/mol. The van der Waals surface area contributed by atoms with Crippen molar-refractivity contribution in [2.24, 2.45) is 0 Å². The van der Waals surface area contributed by atoms with Crippen molar-refractivity contribution in [1.82, 2.24) is 14.9 Å². The first-order valence-electron chi connectivity index (χ1n) is 7.81. The van der Waals surface area contributed by atoms with Crippen molar-refractivity contribution >= 4 is 17.1 Å². The molecule has 3 rings (SSSR count). The van der Waals surface area contributed by atoms with E-state index in [0.29, 0.717) is 0 Å². The highest BCUT2D eigenvalue weighted by Crippen LogP contribution is 2.23. The zero-order valence-electron chi connectivity index (χ0n) is 13.1. The van der Waals surface area contributed by atoms with E-state index in [-0.39, 0.29) is 5.78 Å². The minimum Gasteiger partial charge on any atom is -0.294 e. The van der Waals surface area contributed by atoms with Crippen molar-refractivity contribution in [3.05, 3.63) is 45.2 Å². The molecule has 0 fully saturated rings. The first kappa shape index (κ1) is 15.3. The van der Waals surface area contributed by atoms with Crippen LogP contribution in [0, 0.1) is 0 Å². The quantitative estimate of drug-likeness (QED) is 0.795. The van der Waals surface area contributed by atoms with E-state index in [1.54, 1.807) is 18.3 Å². The Labute approximate surface area is 135 Å². The third-order valence-electron chi connectivity index (χ3n) is 3.92. The minimum atomic E-state index is 0.150. The lowest BCUT2D eigenvalue weighted by Crippen LogP contribution is -2.30. The van der Waals surface area contributed by atoms with Crippen molar-refractivity contribution in [3.63, 3.8) is 0 Å². The highest BCUT2D eigenvalue weighted by molar-refractivity contribution is 7.14. The molecule has 0 spiro atoms. The van der Waals surface area contributed by atoms with Crippen LogP contribution in [0.4, 0.5) is 0 Å². The van der Waals surface area contributed by atoms with Gasteiger partial charge in [-0.3, -0.25) is 9.69 Å². The van der Waals surface area contributed by atoms with E-state index in [2.05, 4.69) is 22.9 Å². The molecule has 2 aromatic rings. The molecule has 0 amide bonds. The topological polar surface area (TPSA) is 46.1 Å². The summed E-state index contributed by atoms with van der Waals surface area (Å²) in [4.78, 5) is 25.0. The maximum Gasteiger partial charge on any atom is 0.169 e. The molecule has 5 heteroatoms. The van der Waals surface area contributed by atoms with Crippen LogP contribution < -0.4 is 0 Å². The number of aryl methyl sites for hydroxylation is 1. The van der Waals surface area contributed by atoms with Gasteiger partial charge in [-0.15, -0.1) is 11.3 Å². The molecule has 0 N–H and O–H groups in total. The van der Waals surface area contributed by atoms with Crippen molar-refractivity contribution in [2.75, 3.05) is 6.54 Å². The molecule has 1 aliphatic rings. The van der Waals surface area contributed by atoms with Crippen LogP contribution in [0.3, 0.4) is 0 Å². The van der Waals surface area contributed by atoms with Crippen LogP contribution in [0.1, 0.15) is 51.9 Å². The van der Waals surface area contributed by atoms with Crippen molar-refractivity contribution in [2.45, 2.75) is 46.2 Å². The Hall–Kier alpha value is -1.59. The summed E-state index contributed by atoms with van der Waals surface area (Å²) >= 11 is 1.60. The van der Waals surface area contributed by atoms with Crippen LogP contribution in [0.15, 0.2) is 18.3 Å². The number of hydrogen-bond donors (Lipinski definition) is 0. The van der Waals surface area contributed by atoms with E-state index in [4.69, 9.17) is 4.98 Å². The molecular formula is C17H21N3OS. The molecular weight excluding hydrogens is 294 g/mol. The van der Waals surface area contributed by atoms with Gasteiger partial charge in [0.2, 0.25) is 0 Å². The molecule has 0 unspecified atom stereocenters. The van der Waals surface area contributed by atoms with Gasteiger partial charge in [0.25, 0.3) is 0 Å². The summed E-state index contributed by atoms with van der Waals surface area (Å²) in [6.07, 6.45) is 5.02. The van der Waals surface area contributed by atoms with E-state index in [1.165, 1.54) is 16.1 Å². The van der Waals surface area contributed by atoms with Gasteiger partial charge in [-0.2, -0.15) is 0 Å². The molecule has 0 atom stereocenters. The number of nitrogens with zero attached hydrogens (tertiary/aromatic N) is 3. The second kappa shape index (κ2) is 6.67. The molecule has 0 radical (unpaired) electrons. The molecule has 116 valence electrons. The first-order chi connectivity index (χ1) is 10.7. The van der Waals surface area contributed by atoms with E-state index in [1.807, 2.05) is 12.3 Å². The summed E-state index contributed by atoms with van der Waals surface area (Å²) in [5.74, 6) is 1.12. The van der Waals surface area contributed by atoms with Gasteiger partial charge in [-0.05, 0) is 25.5 Å². The fourth-order valence-corrected chi connectivity index (χ4v) is 3.71. The van der Waals surface area contributed by atoms with Gasteiger partial charge in [-0.25, -0.2) is 9.97 Å². The van der Waals surface area contributed by atoms with Gasteiger partial charge >= 0.3 is 0 Å². The van der Waals surface area contributed by atoms with Gasteiger partial charge in [0.15, 0.2) is 5.78 Å². The fraction of sp³-hybridized carbons (Fsp3) is 0.471. The Morgan fingerprint density at radius 3 is 3.00 bits per heavy atom. The maximum absolute atomic E-state index is 11.4. The Morgan fingerprint density at radius 2 is 2.27 bits per heavy atom. The summed E-state index contributed by atoms with van der Waals surface area (Å²) in [5, 5.41) is 0. The SMILES string of the molecule is CCCc1ncc2c(n1)CCN(Cc1ccc(C(C)=O)s1)C2. The molecule has 0 saturated heterocycles. The van der Waals surface area contributed by atoms with Crippen LogP contribution >= 0.6 is 11.3 Å². The summed E-state index contributed by atoms with van der Waals surface area (Å²) < 4.78 is 0. The average Bonchev–Trinajstić information content (AvgIpc) is 2.96. The van der Waals surface area contributed by atoms with Crippen molar-refractivity contribution < 1.29 is 4.79 Å². The lowest BCUT2D eigenvalue weighted by atomic mass is 10.1. The minimum absolute atomic E-state index is 0.150. The van der Waals surface area contributed by atoms with Gasteiger partial charge in [0, 0.05) is 54.8 Å². The summed E-state index contributed by atoms with van der Waals surface area (Å²) in [6, 6.07) is 4.00. The molecule has 0 aromatic carbocycles. The Morgan fingerprint density at radius 1 is 1.41 bits per heavy atom. The lowest BCUT2D eigenvalue weighted by molar-refractivity contribution is 0.102. The second-order valence-corrected chi connectivity index (χ2v) is 6.96. The molecule has 22 heavy (non-hydrogen) atoms. The van der Waals surface area contributed by atoms with E-state index < -0.39 is 0 Å². The van der Waals surface area contributed by atoms with Gasteiger partial charge in [0.05, 0.1) is 4.88 Å². The standard InChI is InChI=1S/C17H21N3OS/c1-3-4-17-18-9-13-10-20(8-7-15(13)19-17)11-14-5-6-16(22-14)12(2)21/h5-6,9H,3-4,7-8,10-11H2,1-2H3. The van der Waals surface area contributed by atoms with Gasteiger partial charge in [0.1, 0.15) is 5.82 Å². The normalized spacial score (nSPS) is 14.8. The number of hydrogen-bond acceptors (Lipinski definition) is 5. The second-order valence-electron chi connectivity index (χ2n) is 5.79. The highest BCUT2D eigenvalue weighted by Gasteiger charge is 2.19. The summed E-state index contributed by atoms with van der Waals surface area (Å²) in [6.45, 7) is 6.59. The zero-order valence-corrected chi connectivity index (χ0v) is 13.9. The molecule has 0 bridgehead atoms. The number of carbonyl (C=O) groups is 1. The Kier molecular flexibility index (Phi) is 4.64. The monoisotopic (exact) mass is 315 g/mol.